The lowest BCUT2D eigenvalue weighted by Crippen LogP contribution is -2.19. The van der Waals surface area contributed by atoms with Gasteiger partial charge in [0.1, 0.15) is 15.5 Å². The van der Waals surface area contributed by atoms with Crippen molar-refractivity contribution in [1.82, 2.24) is 15.3 Å². The first kappa shape index (κ1) is 20.5. The summed E-state index contributed by atoms with van der Waals surface area (Å²) >= 11 is 1.15. The Bertz CT molecular complexity index is 1140. The fourth-order valence-corrected chi connectivity index (χ4v) is 4.05. The lowest BCUT2D eigenvalue weighted by Gasteiger charge is -2.15. The highest BCUT2D eigenvalue weighted by atomic mass is 32.1. The summed E-state index contributed by atoms with van der Waals surface area (Å²) in [5, 5.41) is 6.22. The second-order valence-electron chi connectivity index (χ2n) is 6.43. The van der Waals surface area contributed by atoms with Gasteiger partial charge >= 0.3 is 5.97 Å². The van der Waals surface area contributed by atoms with Crippen molar-refractivity contribution in [1.29, 1.82) is 0 Å². The summed E-state index contributed by atoms with van der Waals surface area (Å²) in [4.78, 5) is 44.8. The van der Waals surface area contributed by atoms with Gasteiger partial charge in [-0.3, -0.25) is 9.59 Å². The van der Waals surface area contributed by atoms with E-state index in [0.29, 0.717) is 32.0 Å². The van der Waals surface area contributed by atoms with Crippen LogP contribution in [0.2, 0.25) is 0 Å². The predicted molar refractivity (Wildman–Crippen MR) is 113 cm³/mol. The molecule has 1 aromatic carbocycles. The number of rotatable bonds is 6. The van der Waals surface area contributed by atoms with Gasteiger partial charge in [-0.15, -0.1) is 11.3 Å². The molecule has 1 amide bonds. The molecule has 0 aliphatic heterocycles. The van der Waals surface area contributed by atoms with E-state index in [1.807, 2.05) is 13.0 Å². The van der Waals surface area contributed by atoms with E-state index >= 15 is 0 Å². The van der Waals surface area contributed by atoms with Crippen molar-refractivity contribution in [2.75, 3.05) is 19.0 Å². The second-order valence-corrected chi connectivity index (χ2v) is 7.43. The maximum Gasteiger partial charge on any atom is 0.348 e. The number of H-pyrrole nitrogens is 1. The summed E-state index contributed by atoms with van der Waals surface area (Å²) in [6, 6.07) is 6.70. The molecule has 0 unspecified atom stereocenters. The van der Waals surface area contributed by atoms with Crippen LogP contribution in [0.5, 0.6) is 0 Å². The smallest absolute Gasteiger partial charge is 0.348 e. The van der Waals surface area contributed by atoms with Crippen molar-refractivity contribution in [3.63, 3.8) is 0 Å². The molecule has 0 aliphatic rings. The third kappa shape index (κ3) is 4.14. The highest BCUT2D eigenvalue weighted by molar-refractivity contribution is 7.20. The van der Waals surface area contributed by atoms with E-state index in [1.165, 1.54) is 0 Å². The highest BCUT2D eigenvalue weighted by Gasteiger charge is 2.21. The van der Waals surface area contributed by atoms with Gasteiger partial charge in [-0.25, -0.2) is 9.78 Å². The second kappa shape index (κ2) is 8.44. The zero-order valence-corrected chi connectivity index (χ0v) is 17.4. The first-order valence-electron chi connectivity index (χ1n) is 9.14. The maximum atomic E-state index is 12.6. The van der Waals surface area contributed by atoms with Gasteiger partial charge in [0.05, 0.1) is 18.0 Å². The van der Waals surface area contributed by atoms with Crippen molar-refractivity contribution < 1.29 is 14.3 Å². The number of thiophene rings is 1. The summed E-state index contributed by atoms with van der Waals surface area (Å²) in [5.41, 5.74) is 1.51. The Kier molecular flexibility index (Phi) is 5.97. The van der Waals surface area contributed by atoms with E-state index in [-0.39, 0.29) is 24.1 Å². The van der Waals surface area contributed by atoms with Crippen LogP contribution in [0.25, 0.3) is 10.2 Å². The Labute approximate surface area is 171 Å². The molecule has 0 radical (unpaired) electrons. The molecule has 3 aromatic rings. The molecule has 0 saturated heterocycles. The van der Waals surface area contributed by atoms with Crippen LogP contribution in [0.1, 0.15) is 51.3 Å². The van der Waals surface area contributed by atoms with Gasteiger partial charge in [0.25, 0.3) is 11.5 Å². The number of nitrogens with zero attached hydrogens (tertiary/aromatic N) is 1. The van der Waals surface area contributed by atoms with Crippen molar-refractivity contribution in [2.24, 2.45) is 0 Å². The molecule has 8 nitrogen and oxygen atoms in total. The minimum atomic E-state index is -0.453. The van der Waals surface area contributed by atoms with Gasteiger partial charge in [0, 0.05) is 18.3 Å². The molecular formula is C20H22N4O4S. The Morgan fingerprint density at radius 2 is 2.10 bits per heavy atom. The minimum Gasteiger partial charge on any atom is -0.462 e. The number of aromatic nitrogens is 2. The Morgan fingerprint density at radius 1 is 1.34 bits per heavy atom. The highest BCUT2D eigenvalue weighted by Crippen LogP contribution is 2.28. The Balaban J connectivity index is 1.93. The molecular weight excluding hydrogens is 392 g/mol. The third-order valence-corrected chi connectivity index (χ3v) is 5.59. The molecule has 0 fully saturated rings. The summed E-state index contributed by atoms with van der Waals surface area (Å²) in [6.45, 7) is 5.56. The van der Waals surface area contributed by atoms with Crippen LogP contribution in [0.4, 0.5) is 5.69 Å². The summed E-state index contributed by atoms with van der Waals surface area (Å²) in [6.07, 6.45) is 0. The van der Waals surface area contributed by atoms with E-state index < -0.39 is 5.97 Å². The molecule has 152 valence electrons. The summed E-state index contributed by atoms with van der Waals surface area (Å²) in [5.74, 6) is -0.203. The number of esters is 1. The van der Waals surface area contributed by atoms with Crippen LogP contribution in [0.3, 0.4) is 0 Å². The van der Waals surface area contributed by atoms with E-state index in [2.05, 4.69) is 20.6 Å². The molecule has 0 bridgehead atoms. The molecule has 2 heterocycles. The van der Waals surface area contributed by atoms with Crippen LogP contribution in [0.15, 0.2) is 29.1 Å². The number of nitrogens with one attached hydrogen (secondary N) is 3. The molecule has 3 N–H and O–H groups in total. The summed E-state index contributed by atoms with van der Waals surface area (Å²) < 4.78 is 5.06. The average molecular weight is 414 g/mol. The number of ether oxygens (including phenoxy) is 1. The molecule has 0 aliphatic carbocycles. The monoisotopic (exact) mass is 414 g/mol. The van der Waals surface area contributed by atoms with Gasteiger partial charge in [-0.1, -0.05) is 6.07 Å². The van der Waals surface area contributed by atoms with Crippen molar-refractivity contribution >= 4 is 39.1 Å². The standard InChI is InChI=1S/C20H22N4O4S/c1-5-28-20(27)15-10(2)14-18(26)23-16(24-19(14)29-15)11(3)22-13-8-6-7-12(9-13)17(25)21-4/h6-9,11,22H,5H2,1-4H3,(H,21,25)(H,23,24,26)/t11-/m1/s1. The minimum absolute atomic E-state index is 0.185. The van der Waals surface area contributed by atoms with Gasteiger partial charge in [-0.05, 0) is 44.5 Å². The van der Waals surface area contributed by atoms with Crippen LogP contribution in [-0.2, 0) is 4.74 Å². The number of hydrogen-bond acceptors (Lipinski definition) is 7. The maximum absolute atomic E-state index is 12.6. The quantitative estimate of drug-likeness (QED) is 0.535. The van der Waals surface area contributed by atoms with Gasteiger partial charge < -0.3 is 20.4 Å². The van der Waals surface area contributed by atoms with Crippen LogP contribution >= 0.6 is 11.3 Å². The number of carbonyl (C=O) groups excluding carboxylic acids is 2. The molecule has 0 spiro atoms. The predicted octanol–water partition coefficient (Wildman–Crippen LogP) is 3.00. The summed E-state index contributed by atoms with van der Waals surface area (Å²) in [7, 11) is 1.57. The number of amides is 1. The molecule has 0 saturated carbocycles. The molecule has 2 aromatic heterocycles. The number of aryl methyl sites for hydroxylation is 1. The molecule has 9 heteroatoms. The van der Waals surface area contributed by atoms with Gasteiger partial charge in [0.15, 0.2) is 0 Å². The van der Waals surface area contributed by atoms with E-state index in [9.17, 15) is 14.4 Å². The van der Waals surface area contributed by atoms with Crippen LogP contribution in [0, 0.1) is 6.92 Å². The van der Waals surface area contributed by atoms with Gasteiger partial charge in [0.2, 0.25) is 0 Å². The van der Waals surface area contributed by atoms with Crippen molar-refractivity contribution in [2.45, 2.75) is 26.8 Å². The Hall–Kier alpha value is -3.20. The van der Waals surface area contributed by atoms with Gasteiger partial charge in [-0.2, -0.15) is 0 Å². The largest absolute Gasteiger partial charge is 0.462 e. The molecule has 3 rings (SSSR count). The number of fused-ring (bicyclic) bond motifs is 1. The Morgan fingerprint density at radius 3 is 2.79 bits per heavy atom. The number of carbonyl (C=O) groups is 2. The number of benzene rings is 1. The van der Waals surface area contributed by atoms with E-state index in [0.717, 1.165) is 17.0 Å². The van der Waals surface area contributed by atoms with Crippen LogP contribution in [-0.4, -0.2) is 35.5 Å². The fraction of sp³-hybridized carbons (Fsp3) is 0.300. The lowest BCUT2D eigenvalue weighted by atomic mass is 10.1. The number of anilines is 1. The third-order valence-electron chi connectivity index (χ3n) is 4.42. The first-order chi connectivity index (χ1) is 13.8. The van der Waals surface area contributed by atoms with E-state index in [1.54, 1.807) is 39.1 Å². The number of aromatic amines is 1. The zero-order chi connectivity index (χ0) is 21.1. The lowest BCUT2D eigenvalue weighted by molar-refractivity contribution is 0.0531. The SMILES string of the molecule is CCOC(=O)c1sc2nc([C@@H](C)Nc3cccc(C(=O)NC)c3)[nH]c(=O)c2c1C. The topological polar surface area (TPSA) is 113 Å². The number of hydrogen-bond donors (Lipinski definition) is 3. The fourth-order valence-electron chi connectivity index (χ4n) is 2.97. The zero-order valence-electron chi connectivity index (χ0n) is 16.6. The normalized spacial score (nSPS) is 11.9. The average Bonchev–Trinajstić information content (AvgIpc) is 3.04. The van der Waals surface area contributed by atoms with Crippen molar-refractivity contribution in [3.05, 3.63) is 56.4 Å². The first-order valence-corrected chi connectivity index (χ1v) is 9.96. The van der Waals surface area contributed by atoms with Crippen LogP contribution < -0.4 is 16.2 Å². The van der Waals surface area contributed by atoms with E-state index in [4.69, 9.17) is 4.74 Å². The molecule has 29 heavy (non-hydrogen) atoms. The van der Waals surface area contributed by atoms with Crippen molar-refractivity contribution in [3.8, 4) is 0 Å². The molecule has 1 atom stereocenters.